The molecule has 0 unspecified atom stereocenters. The quantitative estimate of drug-likeness (QED) is 0.675. The average molecular weight is 228 g/mol. The third kappa shape index (κ3) is 1.80. The molecule has 0 aromatic heterocycles. The summed E-state index contributed by atoms with van der Waals surface area (Å²) >= 11 is 0. The predicted octanol–water partition coefficient (Wildman–Crippen LogP) is 0.360. The Labute approximate surface area is 91.3 Å². The van der Waals surface area contributed by atoms with Crippen LogP contribution in [-0.2, 0) is 9.63 Å². The van der Waals surface area contributed by atoms with Crippen LogP contribution >= 0.6 is 0 Å². The maximum Gasteiger partial charge on any atom is 0.407 e. The highest BCUT2D eigenvalue weighted by Crippen LogP contribution is 2.34. The average Bonchev–Trinajstić information content (AvgIpc) is 2.63. The molecule has 0 atom stereocenters. The molecule has 1 spiro atoms. The zero-order valence-electron chi connectivity index (χ0n) is 8.55. The van der Waals surface area contributed by atoms with Gasteiger partial charge in [-0.1, -0.05) is 5.16 Å². The van der Waals surface area contributed by atoms with Gasteiger partial charge in [0.2, 0.25) is 0 Å². The van der Waals surface area contributed by atoms with E-state index in [1.54, 1.807) is 0 Å². The number of aliphatic carboxylic acids is 1. The van der Waals surface area contributed by atoms with E-state index in [0.717, 1.165) is 0 Å². The van der Waals surface area contributed by atoms with E-state index in [0.29, 0.717) is 25.9 Å². The largest absolute Gasteiger partial charge is 0.477 e. The van der Waals surface area contributed by atoms with Gasteiger partial charge in [-0.05, 0) is 0 Å². The smallest absolute Gasteiger partial charge is 0.407 e. The van der Waals surface area contributed by atoms with Gasteiger partial charge in [0.05, 0.1) is 0 Å². The van der Waals surface area contributed by atoms with Gasteiger partial charge in [0.15, 0.2) is 5.71 Å². The molecule has 2 heterocycles. The number of hydrogen-bond acceptors (Lipinski definition) is 4. The van der Waals surface area contributed by atoms with Crippen molar-refractivity contribution in [2.45, 2.75) is 24.9 Å². The van der Waals surface area contributed by atoms with Crippen LogP contribution in [-0.4, -0.2) is 51.6 Å². The number of rotatable bonds is 1. The number of oxime groups is 1. The van der Waals surface area contributed by atoms with Crippen molar-refractivity contribution >= 4 is 17.8 Å². The first-order valence-electron chi connectivity index (χ1n) is 4.99. The summed E-state index contributed by atoms with van der Waals surface area (Å²) < 4.78 is 0. The monoisotopic (exact) mass is 228 g/mol. The molecule has 0 aromatic rings. The highest BCUT2D eigenvalue weighted by molar-refractivity contribution is 6.36. The van der Waals surface area contributed by atoms with Gasteiger partial charge in [-0.15, -0.1) is 0 Å². The number of amides is 1. The Morgan fingerprint density at radius 1 is 1.31 bits per heavy atom. The fourth-order valence-electron chi connectivity index (χ4n) is 2.01. The van der Waals surface area contributed by atoms with Gasteiger partial charge in [0.1, 0.15) is 5.60 Å². The first kappa shape index (κ1) is 10.7. The minimum absolute atomic E-state index is 0.0174. The first-order valence-corrected chi connectivity index (χ1v) is 4.99. The van der Waals surface area contributed by atoms with Crippen LogP contribution in [0.4, 0.5) is 4.79 Å². The molecular weight excluding hydrogens is 216 g/mol. The lowest BCUT2D eigenvalue weighted by molar-refractivity contribution is -0.129. The van der Waals surface area contributed by atoms with E-state index in [-0.39, 0.29) is 12.1 Å². The normalized spacial score (nSPS) is 22.8. The maximum atomic E-state index is 10.7. The summed E-state index contributed by atoms with van der Waals surface area (Å²) in [5.74, 6) is -1.07. The summed E-state index contributed by atoms with van der Waals surface area (Å²) in [6.07, 6.45) is 0.279. The Hall–Kier alpha value is -1.79. The molecule has 7 nitrogen and oxygen atoms in total. The topological polar surface area (TPSA) is 99.4 Å². The highest BCUT2D eigenvalue weighted by Gasteiger charge is 2.44. The lowest BCUT2D eigenvalue weighted by Crippen LogP contribution is -2.46. The summed E-state index contributed by atoms with van der Waals surface area (Å²) in [7, 11) is 0. The molecule has 0 radical (unpaired) electrons. The van der Waals surface area contributed by atoms with E-state index in [1.165, 1.54) is 4.90 Å². The molecule has 16 heavy (non-hydrogen) atoms. The minimum atomic E-state index is -1.07. The van der Waals surface area contributed by atoms with Crippen molar-refractivity contribution in [1.82, 2.24) is 4.90 Å². The van der Waals surface area contributed by atoms with Gasteiger partial charge >= 0.3 is 12.1 Å². The van der Waals surface area contributed by atoms with Gasteiger partial charge < -0.3 is 20.0 Å². The summed E-state index contributed by atoms with van der Waals surface area (Å²) in [6, 6.07) is 0. The summed E-state index contributed by atoms with van der Waals surface area (Å²) in [5.41, 5.74) is -0.580. The van der Waals surface area contributed by atoms with E-state index < -0.39 is 17.7 Å². The van der Waals surface area contributed by atoms with Gasteiger partial charge in [-0.3, -0.25) is 0 Å². The first-order chi connectivity index (χ1) is 7.52. The van der Waals surface area contributed by atoms with E-state index in [2.05, 4.69) is 5.16 Å². The lowest BCUT2D eigenvalue weighted by Gasteiger charge is -2.35. The Morgan fingerprint density at radius 2 is 1.94 bits per heavy atom. The number of nitrogens with zero attached hydrogens (tertiary/aromatic N) is 2. The van der Waals surface area contributed by atoms with Crippen molar-refractivity contribution in [1.29, 1.82) is 0 Å². The number of carbonyl (C=O) groups is 2. The number of piperidine rings is 1. The minimum Gasteiger partial charge on any atom is -0.477 e. The Morgan fingerprint density at radius 3 is 2.38 bits per heavy atom. The molecule has 2 aliphatic heterocycles. The third-order valence-electron chi connectivity index (χ3n) is 3.03. The molecule has 2 N–H and O–H groups in total. The molecule has 0 aliphatic carbocycles. The molecule has 0 bridgehead atoms. The van der Waals surface area contributed by atoms with Crippen LogP contribution in [0.5, 0.6) is 0 Å². The molecule has 0 aromatic carbocycles. The molecule has 7 heteroatoms. The zero-order valence-corrected chi connectivity index (χ0v) is 8.55. The number of carboxylic acids is 1. The second kappa shape index (κ2) is 3.66. The van der Waals surface area contributed by atoms with Crippen molar-refractivity contribution in [3.8, 4) is 0 Å². The second-order valence-electron chi connectivity index (χ2n) is 4.06. The van der Waals surface area contributed by atoms with Crippen molar-refractivity contribution in [3.63, 3.8) is 0 Å². The van der Waals surface area contributed by atoms with Crippen LogP contribution in [0.1, 0.15) is 19.3 Å². The highest BCUT2D eigenvalue weighted by atomic mass is 16.7. The van der Waals surface area contributed by atoms with Gasteiger partial charge in [0, 0.05) is 32.4 Å². The van der Waals surface area contributed by atoms with Gasteiger partial charge in [0.25, 0.3) is 0 Å². The van der Waals surface area contributed by atoms with E-state index in [4.69, 9.17) is 15.1 Å². The van der Waals surface area contributed by atoms with Crippen LogP contribution in [0.15, 0.2) is 5.16 Å². The van der Waals surface area contributed by atoms with E-state index in [1.807, 2.05) is 0 Å². The number of carboxylic acid groups (broad SMARTS) is 2. The maximum absolute atomic E-state index is 10.7. The zero-order chi connectivity index (χ0) is 11.8. The van der Waals surface area contributed by atoms with E-state index in [9.17, 15) is 9.59 Å². The van der Waals surface area contributed by atoms with Crippen molar-refractivity contribution in [3.05, 3.63) is 0 Å². The standard InChI is InChI=1S/C9H12N2O5/c12-7(13)6-5-9(16-10-6)1-3-11(4-2-9)8(14)15/h1-5H2,(H,12,13)(H,14,15). The third-order valence-corrected chi connectivity index (χ3v) is 3.03. The number of hydrogen-bond donors (Lipinski definition) is 2. The Balaban J connectivity index is 1.95. The molecule has 1 fully saturated rings. The molecule has 88 valence electrons. The van der Waals surface area contributed by atoms with Gasteiger partial charge in [-0.25, -0.2) is 9.59 Å². The fraction of sp³-hybridized carbons (Fsp3) is 0.667. The van der Waals surface area contributed by atoms with E-state index >= 15 is 0 Å². The Kier molecular flexibility index (Phi) is 2.45. The lowest BCUT2D eigenvalue weighted by atomic mass is 9.87. The predicted molar refractivity (Wildman–Crippen MR) is 52.3 cm³/mol. The van der Waals surface area contributed by atoms with Crippen LogP contribution in [0.3, 0.4) is 0 Å². The molecule has 0 saturated carbocycles. The van der Waals surface area contributed by atoms with Gasteiger partial charge in [-0.2, -0.15) is 0 Å². The van der Waals surface area contributed by atoms with Crippen LogP contribution in [0.25, 0.3) is 0 Å². The van der Waals surface area contributed by atoms with Crippen LogP contribution in [0.2, 0.25) is 0 Å². The fourth-order valence-corrected chi connectivity index (χ4v) is 2.01. The second-order valence-corrected chi connectivity index (χ2v) is 4.06. The summed E-state index contributed by atoms with van der Waals surface area (Å²) in [4.78, 5) is 27.8. The molecule has 2 rings (SSSR count). The van der Waals surface area contributed by atoms with Crippen LogP contribution < -0.4 is 0 Å². The molecule has 1 amide bonds. The SMILES string of the molecule is O=C(O)C1=NOC2(CCN(C(=O)O)CC2)C1. The molecule has 1 saturated heterocycles. The number of likely N-dealkylation sites (tertiary alicyclic amines) is 1. The molecular formula is C9H12N2O5. The summed E-state index contributed by atoms with van der Waals surface area (Å²) in [6.45, 7) is 0.718. The molecule has 2 aliphatic rings. The van der Waals surface area contributed by atoms with Crippen molar-refractivity contribution in [2.75, 3.05) is 13.1 Å². The Bertz CT molecular complexity index is 357. The summed E-state index contributed by atoms with van der Waals surface area (Å²) in [5, 5.41) is 21.1. The van der Waals surface area contributed by atoms with Crippen molar-refractivity contribution < 1.29 is 24.6 Å². The van der Waals surface area contributed by atoms with Crippen LogP contribution in [0, 0.1) is 0 Å². The van der Waals surface area contributed by atoms with Crippen molar-refractivity contribution in [2.24, 2.45) is 5.16 Å².